The molecule has 1 atom stereocenters. The topological polar surface area (TPSA) is 74.7 Å². The molecule has 84 valence electrons. The van der Waals surface area contributed by atoms with Crippen LogP contribution < -0.4 is 11.4 Å². The van der Waals surface area contributed by atoms with Crippen molar-refractivity contribution < 1.29 is 0 Å². The lowest BCUT2D eigenvalue weighted by atomic mass is 10.0. The Kier molecular flexibility index (Phi) is 2.92. The number of imidazole rings is 1. The molecule has 0 radical (unpaired) electrons. The first-order chi connectivity index (χ1) is 7.65. The standard InChI is InChI=1S/C12H15N3O/c1-8(13)5-9-3-2-4-10(6-9)11-7-14-12(16)15-11/h2-4,6-8H,5,13H2,1H3,(H2,14,15,16). The van der Waals surface area contributed by atoms with Gasteiger partial charge in [-0.15, -0.1) is 0 Å². The van der Waals surface area contributed by atoms with Gasteiger partial charge in [0.1, 0.15) is 0 Å². The maximum atomic E-state index is 11.0. The highest BCUT2D eigenvalue weighted by Crippen LogP contribution is 2.17. The molecule has 1 heterocycles. The Labute approximate surface area is 93.5 Å². The summed E-state index contributed by atoms with van der Waals surface area (Å²) < 4.78 is 0. The van der Waals surface area contributed by atoms with Crippen molar-refractivity contribution in [1.82, 2.24) is 9.97 Å². The molecular weight excluding hydrogens is 202 g/mol. The van der Waals surface area contributed by atoms with Crippen LogP contribution in [0.25, 0.3) is 11.3 Å². The van der Waals surface area contributed by atoms with Crippen molar-refractivity contribution in [1.29, 1.82) is 0 Å². The minimum Gasteiger partial charge on any atom is -0.328 e. The van der Waals surface area contributed by atoms with E-state index < -0.39 is 0 Å². The van der Waals surface area contributed by atoms with Gasteiger partial charge >= 0.3 is 5.69 Å². The summed E-state index contributed by atoms with van der Waals surface area (Å²) in [6.07, 6.45) is 2.51. The van der Waals surface area contributed by atoms with E-state index in [4.69, 9.17) is 5.73 Å². The first-order valence-electron chi connectivity index (χ1n) is 5.28. The zero-order chi connectivity index (χ0) is 11.5. The molecule has 0 spiro atoms. The van der Waals surface area contributed by atoms with E-state index in [9.17, 15) is 4.79 Å². The third kappa shape index (κ3) is 2.41. The highest BCUT2D eigenvalue weighted by molar-refractivity contribution is 5.58. The van der Waals surface area contributed by atoms with Crippen molar-refractivity contribution in [3.05, 3.63) is 46.5 Å². The minimum atomic E-state index is -0.187. The van der Waals surface area contributed by atoms with E-state index in [1.54, 1.807) is 6.20 Å². The third-order valence-corrected chi connectivity index (χ3v) is 2.39. The number of hydrogen-bond donors (Lipinski definition) is 3. The summed E-state index contributed by atoms with van der Waals surface area (Å²) in [7, 11) is 0. The van der Waals surface area contributed by atoms with E-state index in [1.165, 1.54) is 5.56 Å². The van der Waals surface area contributed by atoms with Crippen molar-refractivity contribution in [2.24, 2.45) is 5.73 Å². The number of aromatic amines is 2. The Hall–Kier alpha value is -1.81. The summed E-state index contributed by atoms with van der Waals surface area (Å²) in [5, 5.41) is 0. The van der Waals surface area contributed by atoms with Crippen LogP contribution in [0.1, 0.15) is 12.5 Å². The van der Waals surface area contributed by atoms with E-state index in [0.717, 1.165) is 17.7 Å². The molecule has 0 aliphatic heterocycles. The molecule has 0 aliphatic carbocycles. The predicted octanol–water partition coefficient (Wildman–Crippen LogP) is 1.26. The molecule has 4 nitrogen and oxygen atoms in total. The van der Waals surface area contributed by atoms with Gasteiger partial charge in [-0.3, -0.25) is 0 Å². The van der Waals surface area contributed by atoms with Gasteiger partial charge in [0.15, 0.2) is 0 Å². The second-order valence-corrected chi connectivity index (χ2v) is 4.04. The molecule has 1 aromatic heterocycles. The molecule has 2 aromatic rings. The zero-order valence-corrected chi connectivity index (χ0v) is 9.16. The predicted molar refractivity (Wildman–Crippen MR) is 64.2 cm³/mol. The van der Waals surface area contributed by atoms with E-state index in [2.05, 4.69) is 9.97 Å². The van der Waals surface area contributed by atoms with Gasteiger partial charge in [-0.05, 0) is 30.5 Å². The van der Waals surface area contributed by atoms with Crippen molar-refractivity contribution in [2.75, 3.05) is 0 Å². The van der Waals surface area contributed by atoms with Crippen LogP contribution in [0, 0.1) is 0 Å². The number of hydrogen-bond acceptors (Lipinski definition) is 2. The molecule has 1 aromatic carbocycles. The van der Waals surface area contributed by atoms with E-state index in [1.807, 2.05) is 31.2 Å². The molecule has 1 unspecified atom stereocenters. The van der Waals surface area contributed by atoms with Gasteiger partial charge in [-0.2, -0.15) is 0 Å². The molecule has 4 heteroatoms. The molecule has 4 N–H and O–H groups in total. The van der Waals surface area contributed by atoms with Crippen LogP contribution in [-0.2, 0) is 6.42 Å². The second-order valence-electron chi connectivity index (χ2n) is 4.04. The van der Waals surface area contributed by atoms with Crippen LogP contribution in [0.5, 0.6) is 0 Å². The van der Waals surface area contributed by atoms with Crippen molar-refractivity contribution in [3.8, 4) is 11.3 Å². The maximum absolute atomic E-state index is 11.0. The van der Waals surface area contributed by atoms with Crippen molar-refractivity contribution in [3.63, 3.8) is 0 Å². The summed E-state index contributed by atoms with van der Waals surface area (Å²) in [5.74, 6) is 0. The summed E-state index contributed by atoms with van der Waals surface area (Å²) in [6, 6.07) is 8.16. The van der Waals surface area contributed by atoms with Crippen LogP contribution >= 0.6 is 0 Å². The average molecular weight is 217 g/mol. The lowest BCUT2D eigenvalue weighted by Gasteiger charge is -2.06. The van der Waals surface area contributed by atoms with E-state index in [0.29, 0.717) is 0 Å². The van der Waals surface area contributed by atoms with E-state index in [-0.39, 0.29) is 11.7 Å². The highest BCUT2D eigenvalue weighted by atomic mass is 16.1. The first kappa shape index (κ1) is 10.7. The first-order valence-corrected chi connectivity index (χ1v) is 5.28. The number of benzene rings is 1. The lowest BCUT2D eigenvalue weighted by molar-refractivity contribution is 0.738. The van der Waals surface area contributed by atoms with E-state index >= 15 is 0 Å². The Bertz CT molecular complexity index is 525. The van der Waals surface area contributed by atoms with Gasteiger partial charge in [0.2, 0.25) is 0 Å². The summed E-state index contributed by atoms with van der Waals surface area (Å²) >= 11 is 0. The molecule has 0 bridgehead atoms. The number of aromatic nitrogens is 2. The average Bonchev–Trinajstić information content (AvgIpc) is 2.64. The third-order valence-electron chi connectivity index (χ3n) is 2.39. The van der Waals surface area contributed by atoms with Crippen LogP contribution in [-0.4, -0.2) is 16.0 Å². The quantitative estimate of drug-likeness (QED) is 0.724. The molecule has 0 saturated heterocycles. The van der Waals surface area contributed by atoms with Gasteiger partial charge in [0.25, 0.3) is 0 Å². The van der Waals surface area contributed by atoms with Crippen molar-refractivity contribution in [2.45, 2.75) is 19.4 Å². The molecular formula is C12H15N3O. The fourth-order valence-corrected chi connectivity index (χ4v) is 1.73. The minimum absolute atomic E-state index is 0.139. The number of rotatable bonds is 3. The second kappa shape index (κ2) is 4.37. The fraction of sp³-hybridized carbons (Fsp3) is 0.250. The fourth-order valence-electron chi connectivity index (χ4n) is 1.73. The van der Waals surface area contributed by atoms with Crippen LogP contribution in [0.15, 0.2) is 35.3 Å². The van der Waals surface area contributed by atoms with Gasteiger partial charge in [0, 0.05) is 12.2 Å². The Morgan fingerprint density at radius 1 is 1.44 bits per heavy atom. The van der Waals surface area contributed by atoms with Gasteiger partial charge in [0.05, 0.1) is 5.69 Å². The van der Waals surface area contributed by atoms with Crippen LogP contribution in [0.2, 0.25) is 0 Å². The highest BCUT2D eigenvalue weighted by Gasteiger charge is 2.02. The molecule has 0 fully saturated rings. The normalized spacial score (nSPS) is 12.6. The monoisotopic (exact) mass is 217 g/mol. The van der Waals surface area contributed by atoms with Crippen LogP contribution in [0.3, 0.4) is 0 Å². The molecule has 16 heavy (non-hydrogen) atoms. The maximum Gasteiger partial charge on any atom is 0.323 e. The number of nitrogens with one attached hydrogen (secondary N) is 2. The van der Waals surface area contributed by atoms with Gasteiger partial charge in [-0.1, -0.05) is 18.2 Å². The molecule has 0 aliphatic rings. The zero-order valence-electron chi connectivity index (χ0n) is 9.16. The largest absolute Gasteiger partial charge is 0.328 e. The van der Waals surface area contributed by atoms with Gasteiger partial charge < -0.3 is 15.7 Å². The summed E-state index contributed by atoms with van der Waals surface area (Å²) in [5.41, 5.74) is 8.54. The smallest absolute Gasteiger partial charge is 0.323 e. The Morgan fingerprint density at radius 2 is 2.25 bits per heavy atom. The molecule has 0 amide bonds. The summed E-state index contributed by atoms with van der Waals surface area (Å²) in [6.45, 7) is 1.98. The Balaban J connectivity index is 2.32. The molecule has 2 rings (SSSR count). The summed E-state index contributed by atoms with van der Waals surface area (Å²) in [4.78, 5) is 16.3. The van der Waals surface area contributed by atoms with Crippen molar-refractivity contribution >= 4 is 0 Å². The number of H-pyrrole nitrogens is 2. The van der Waals surface area contributed by atoms with Gasteiger partial charge in [-0.25, -0.2) is 4.79 Å². The van der Waals surface area contributed by atoms with Crippen LogP contribution in [0.4, 0.5) is 0 Å². The number of nitrogens with two attached hydrogens (primary N) is 1. The lowest BCUT2D eigenvalue weighted by Crippen LogP contribution is -2.17. The molecule has 0 saturated carbocycles. The SMILES string of the molecule is CC(N)Cc1cccc(-c2c[nH]c(=O)[nH]2)c1. The Morgan fingerprint density at radius 3 is 2.88 bits per heavy atom.